The first-order valence-corrected chi connectivity index (χ1v) is 11.8. The molecule has 1 aromatic heterocycles. The Balaban J connectivity index is 2.07. The van der Waals surface area contributed by atoms with Crippen molar-refractivity contribution in [2.75, 3.05) is 25.5 Å². The summed E-state index contributed by atoms with van der Waals surface area (Å²) in [5.41, 5.74) is 2.76. The molecule has 0 unspecified atom stereocenters. The molecule has 0 aliphatic heterocycles. The Bertz CT molecular complexity index is 1190. The molecule has 9 heteroatoms. The van der Waals surface area contributed by atoms with E-state index in [4.69, 9.17) is 9.47 Å². The highest BCUT2D eigenvalue weighted by molar-refractivity contribution is 7.92. The molecular weight excluding hydrogens is 442 g/mol. The summed E-state index contributed by atoms with van der Waals surface area (Å²) in [4.78, 5) is 8.70. The van der Waals surface area contributed by atoms with Crippen LogP contribution in [0.15, 0.2) is 60.3 Å². The number of aliphatic hydroxyl groups is 1. The highest BCUT2D eigenvalue weighted by Crippen LogP contribution is 2.33. The smallest absolute Gasteiger partial charge is 0.263 e. The number of anilines is 1. The lowest BCUT2D eigenvalue weighted by Gasteiger charge is -2.18. The van der Waals surface area contributed by atoms with Crippen LogP contribution in [-0.2, 0) is 22.9 Å². The first-order chi connectivity index (χ1) is 15.9. The molecule has 2 N–H and O–H groups in total. The number of ether oxygens (including phenoxy) is 2. The topological polar surface area (TPSA) is 111 Å². The van der Waals surface area contributed by atoms with Crippen molar-refractivity contribution in [3.63, 3.8) is 0 Å². The molecule has 0 saturated carbocycles. The maximum absolute atomic E-state index is 13.1. The molecule has 0 spiro atoms. The van der Waals surface area contributed by atoms with Gasteiger partial charge in [-0.05, 0) is 42.7 Å². The van der Waals surface area contributed by atoms with E-state index in [1.807, 2.05) is 6.07 Å². The van der Waals surface area contributed by atoms with Crippen LogP contribution in [0, 0.1) is 0 Å². The van der Waals surface area contributed by atoms with Crippen LogP contribution in [0.3, 0.4) is 0 Å². The van der Waals surface area contributed by atoms with Gasteiger partial charge in [-0.15, -0.1) is 0 Å². The summed E-state index contributed by atoms with van der Waals surface area (Å²) in [6.07, 6.45) is 4.15. The van der Waals surface area contributed by atoms with Crippen molar-refractivity contribution < 1.29 is 23.0 Å². The van der Waals surface area contributed by atoms with E-state index in [0.29, 0.717) is 35.6 Å². The summed E-state index contributed by atoms with van der Waals surface area (Å²) in [6.45, 7) is 3.67. The zero-order valence-electron chi connectivity index (χ0n) is 18.6. The fraction of sp³-hybridized carbons (Fsp3) is 0.250. The van der Waals surface area contributed by atoms with E-state index in [2.05, 4.69) is 21.3 Å². The van der Waals surface area contributed by atoms with Gasteiger partial charge in [0.15, 0.2) is 0 Å². The van der Waals surface area contributed by atoms with Gasteiger partial charge in [0.1, 0.15) is 23.6 Å². The molecule has 33 heavy (non-hydrogen) atoms. The molecule has 2 aromatic carbocycles. The minimum absolute atomic E-state index is 0.0157. The molecule has 3 rings (SSSR count). The number of benzene rings is 2. The number of sulfonamides is 1. The van der Waals surface area contributed by atoms with Gasteiger partial charge in [-0.3, -0.25) is 4.72 Å². The number of nitrogens with one attached hydrogen (secondary N) is 1. The van der Waals surface area contributed by atoms with Crippen molar-refractivity contribution in [3.8, 4) is 11.5 Å². The van der Waals surface area contributed by atoms with Gasteiger partial charge in [-0.25, -0.2) is 18.4 Å². The predicted molar refractivity (Wildman–Crippen MR) is 127 cm³/mol. The molecule has 0 bridgehead atoms. The number of aromatic nitrogens is 2. The van der Waals surface area contributed by atoms with E-state index in [9.17, 15) is 13.5 Å². The molecule has 0 atom stereocenters. The van der Waals surface area contributed by atoms with Gasteiger partial charge >= 0.3 is 0 Å². The molecule has 0 aliphatic rings. The highest BCUT2D eigenvalue weighted by atomic mass is 32.2. The Hall–Kier alpha value is -3.43. The van der Waals surface area contributed by atoms with Gasteiger partial charge in [0.25, 0.3) is 10.0 Å². The molecule has 1 heterocycles. The largest absolute Gasteiger partial charge is 0.496 e. The third-order valence-corrected chi connectivity index (χ3v) is 6.50. The average molecular weight is 470 g/mol. The summed E-state index contributed by atoms with van der Waals surface area (Å²) < 4.78 is 39.8. The van der Waals surface area contributed by atoms with Crippen LogP contribution in [-0.4, -0.2) is 44.3 Å². The second kappa shape index (κ2) is 10.9. The van der Waals surface area contributed by atoms with Crippen LogP contribution in [0.1, 0.15) is 28.8 Å². The third-order valence-electron chi connectivity index (χ3n) is 5.15. The predicted octanol–water partition coefficient (Wildman–Crippen LogP) is 3.45. The van der Waals surface area contributed by atoms with Gasteiger partial charge in [0.05, 0.1) is 19.1 Å². The Morgan fingerprint density at radius 1 is 1.03 bits per heavy atom. The van der Waals surface area contributed by atoms with Crippen LogP contribution in [0.2, 0.25) is 0 Å². The summed E-state index contributed by atoms with van der Waals surface area (Å²) in [5, 5.41) is 9.32. The van der Waals surface area contributed by atoms with Crippen LogP contribution in [0.4, 0.5) is 5.82 Å². The number of aliphatic hydroxyl groups excluding tert-OH is 1. The number of hydrogen-bond acceptors (Lipinski definition) is 7. The lowest BCUT2D eigenvalue weighted by atomic mass is 10.00. The number of methoxy groups -OCH3 is 2. The minimum Gasteiger partial charge on any atom is -0.496 e. The Kier molecular flexibility index (Phi) is 8.02. The maximum atomic E-state index is 13.1. The number of nitrogens with zero attached hydrogens (tertiary/aromatic N) is 2. The van der Waals surface area contributed by atoms with Crippen LogP contribution in [0.5, 0.6) is 11.5 Å². The lowest BCUT2D eigenvalue weighted by Crippen LogP contribution is -2.17. The second-order valence-corrected chi connectivity index (χ2v) is 8.85. The standard InChI is InChI=1S/C24H27N3O5S/c1-4-17-10-12-18(13-11-17)33(29,30)27-24-19(21(7-6-14-28)25-16-26-24)15-20-22(31-2)8-5-9-23(20)32-3/h4-5,8-13,16,28H,1,6-7,14-15H2,2-3H3,(H,25,26,27). The van der Waals surface area contributed by atoms with Gasteiger partial charge in [-0.1, -0.05) is 30.9 Å². The Labute approximate surface area is 194 Å². The molecule has 0 aliphatic carbocycles. The summed E-state index contributed by atoms with van der Waals surface area (Å²) >= 11 is 0. The zero-order chi connectivity index (χ0) is 23.8. The molecule has 8 nitrogen and oxygen atoms in total. The third kappa shape index (κ3) is 5.68. The van der Waals surface area contributed by atoms with Crippen molar-refractivity contribution in [3.05, 3.63) is 77.8 Å². The monoisotopic (exact) mass is 469 g/mol. The molecular formula is C24H27N3O5S. The SMILES string of the molecule is C=Cc1ccc(S(=O)(=O)Nc2ncnc(CCCO)c2Cc2c(OC)cccc2OC)cc1. The summed E-state index contributed by atoms with van der Waals surface area (Å²) in [6, 6.07) is 11.8. The quantitative estimate of drug-likeness (QED) is 0.442. The van der Waals surface area contributed by atoms with E-state index >= 15 is 0 Å². The molecule has 0 radical (unpaired) electrons. The second-order valence-electron chi connectivity index (χ2n) is 7.17. The Morgan fingerprint density at radius 3 is 2.27 bits per heavy atom. The van der Waals surface area contributed by atoms with Crippen LogP contribution >= 0.6 is 0 Å². The normalized spacial score (nSPS) is 11.1. The van der Waals surface area contributed by atoms with E-state index in [1.54, 1.807) is 44.6 Å². The van der Waals surface area contributed by atoms with Crippen molar-refractivity contribution in [1.29, 1.82) is 0 Å². The summed E-state index contributed by atoms with van der Waals surface area (Å²) in [7, 11) is -0.791. The average Bonchev–Trinajstić information content (AvgIpc) is 2.84. The number of rotatable bonds is 11. The summed E-state index contributed by atoms with van der Waals surface area (Å²) in [5.74, 6) is 1.36. The molecule has 174 valence electrons. The van der Waals surface area contributed by atoms with E-state index < -0.39 is 10.0 Å². The number of hydrogen-bond donors (Lipinski definition) is 2. The van der Waals surface area contributed by atoms with Gasteiger partial charge in [0.2, 0.25) is 0 Å². The zero-order valence-corrected chi connectivity index (χ0v) is 19.4. The maximum Gasteiger partial charge on any atom is 0.263 e. The molecule has 0 amide bonds. The first kappa shape index (κ1) is 24.2. The van der Waals surface area contributed by atoms with E-state index in [1.165, 1.54) is 18.5 Å². The molecule has 0 fully saturated rings. The van der Waals surface area contributed by atoms with Crippen molar-refractivity contribution in [2.24, 2.45) is 0 Å². The first-order valence-electron chi connectivity index (χ1n) is 10.3. The molecule has 0 saturated heterocycles. The van der Waals surface area contributed by atoms with E-state index in [-0.39, 0.29) is 23.7 Å². The van der Waals surface area contributed by atoms with Gasteiger partial charge in [-0.2, -0.15) is 0 Å². The fourth-order valence-electron chi connectivity index (χ4n) is 3.43. The van der Waals surface area contributed by atoms with Gasteiger partial charge in [0, 0.05) is 29.8 Å². The minimum atomic E-state index is -3.91. The van der Waals surface area contributed by atoms with Gasteiger partial charge < -0.3 is 14.6 Å². The van der Waals surface area contributed by atoms with Crippen LogP contribution < -0.4 is 14.2 Å². The highest BCUT2D eigenvalue weighted by Gasteiger charge is 2.22. The van der Waals surface area contributed by atoms with E-state index in [0.717, 1.165) is 11.1 Å². The lowest BCUT2D eigenvalue weighted by molar-refractivity contribution is 0.288. The molecule has 3 aromatic rings. The Morgan fingerprint density at radius 2 is 1.70 bits per heavy atom. The van der Waals surface area contributed by atoms with Crippen molar-refractivity contribution in [1.82, 2.24) is 9.97 Å². The van der Waals surface area contributed by atoms with Crippen molar-refractivity contribution >= 4 is 21.9 Å². The number of aryl methyl sites for hydroxylation is 1. The van der Waals surface area contributed by atoms with Crippen molar-refractivity contribution in [2.45, 2.75) is 24.2 Å². The van der Waals surface area contributed by atoms with Crippen LogP contribution in [0.25, 0.3) is 6.08 Å². The fourth-order valence-corrected chi connectivity index (χ4v) is 4.48.